The van der Waals surface area contributed by atoms with E-state index in [1.54, 1.807) is 0 Å². The third-order valence-corrected chi connectivity index (χ3v) is 3.81. The molecule has 0 aliphatic rings. The van der Waals surface area contributed by atoms with E-state index in [-0.39, 0.29) is 0 Å². The highest BCUT2D eigenvalue weighted by atomic mass is 16.5. The minimum atomic E-state index is 0.568. The van der Waals surface area contributed by atoms with Gasteiger partial charge in [0, 0.05) is 6.21 Å². The molecule has 120 valence electrons. The highest BCUT2D eigenvalue weighted by Crippen LogP contribution is 2.20. The summed E-state index contributed by atoms with van der Waals surface area (Å²) in [5, 5.41) is 0. The van der Waals surface area contributed by atoms with Crippen LogP contribution >= 0.6 is 0 Å². The lowest BCUT2D eigenvalue weighted by Gasteiger charge is -2.07. The Morgan fingerprint density at radius 3 is 2.50 bits per heavy atom. The van der Waals surface area contributed by atoms with Crippen molar-refractivity contribution in [3.63, 3.8) is 0 Å². The molecule has 2 nitrogen and oxygen atoms in total. The van der Waals surface area contributed by atoms with Gasteiger partial charge < -0.3 is 4.74 Å². The van der Waals surface area contributed by atoms with Gasteiger partial charge in [0.2, 0.25) is 0 Å². The Morgan fingerprint density at radius 1 is 0.875 bits per heavy atom. The van der Waals surface area contributed by atoms with Gasteiger partial charge in [-0.15, -0.1) is 0 Å². The van der Waals surface area contributed by atoms with Gasteiger partial charge in [0.05, 0.1) is 5.69 Å². The molecule has 0 aliphatic heterocycles. The number of benzene rings is 3. The molecule has 0 heterocycles. The van der Waals surface area contributed by atoms with E-state index in [0.29, 0.717) is 6.61 Å². The van der Waals surface area contributed by atoms with Crippen molar-refractivity contribution >= 4 is 11.9 Å². The van der Waals surface area contributed by atoms with Crippen LogP contribution in [-0.4, -0.2) is 6.21 Å². The largest absolute Gasteiger partial charge is 0.489 e. The second-order valence-corrected chi connectivity index (χ2v) is 5.89. The van der Waals surface area contributed by atoms with E-state index in [9.17, 15) is 0 Å². The third-order valence-electron chi connectivity index (χ3n) is 3.81. The monoisotopic (exact) mass is 315 g/mol. The number of aliphatic imine (C=N–C) groups is 1. The smallest absolute Gasteiger partial charge is 0.120 e. The van der Waals surface area contributed by atoms with Gasteiger partial charge in [0.15, 0.2) is 0 Å². The third kappa shape index (κ3) is 4.32. The summed E-state index contributed by atoms with van der Waals surface area (Å²) in [7, 11) is 0. The first kappa shape index (κ1) is 16.0. The summed E-state index contributed by atoms with van der Waals surface area (Å²) >= 11 is 0. The lowest BCUT2D eigenvalue weighted by Crippen LogP contribution is -1.95. The van der Waals surface area contributed by atoms with Crippen LogP contribution in [0.1, 0.15) is 22.3 Å². The molecule has 0 aromatic heterocycles. The number of aryl methyl sites for hydroxylation is 2. The average Bonchev–Trinajstić information content (AvgIpc) is 2.60. The molecule has 0 fully saturated rings. The molecule has 0 unspecified atom stereocenters. The Bertz CT molecular complexity index is 838. The van der Waals surface area contributed by atoms with Gasteiger partial charge in [-0.25, -0.2) is 0 Å². The van der Waals surface area contributed by atoms with Crippen molar-refractivity contribution in [2.24, 2.45) is 4.99 Å². The van der Waals surface area contributed by atoms with Gasteiger partial charge in [-0.3, -0.25) is 4.99 Å². The maximum Gasteiger partial charge on any atom is 0.120 e. The van der Waals surface area contributed by atoms with Crippen molar-refractivity contribution in [2.45, 2.75) is 20.5 Å². The zero-order valence-electron chi connectivity index (χ0n) is 14.1. The highest BCUT2D eigenvalue weighted by molar-refractivity contribution is 5.82. The Morgan fingerprint density at radius 2 is 1.71 bits per heavy atom. The summed E-state index contributed by atoms with van der Waals surface area (Å²) < 4.78 is 5.86. The molecule has 3 aromatic rings. The SMILES string of the molecule is Cc1ccc(N=Cc2cccc(OCc3ccccc3)c2)c(C)c1. The topological polar surface area (TPSA) is 21.6 Å². The maximum absolute atomic E-state index is 5.86. The van der Waals surface area contributed by atoms with Crippen LogP contribution in [0.4, 0.5) is 5.69 Å². The minimum absolute atomic E-state index is 0.568. The van der Waals surface area contributed by atoms with E-state index in [2.05, 4.69) is 49.2 Å². The van der Waals surface area contributed by atoms with Crippen LogP contribution in [0.25, 0.3) is 0 Å². The molecule has 3 aromatic carbocycles. The highest BCUT2D eigenvalue weighted by Gasteiger charge is 1.98. The fourth-order valence-corrected chi connectivity index (χ4v) is 2.52. The number of nitrogens with zero attached hydrogens (tertiary/aromatic N) is 1. The average molecular weight is 315 g/mol. The van der Waals surface area contributed by atoms with Crippen LogP contribution in [0, 0.1) is 13.8 Å². The summed E-state index contributed by atoms with van der Waals surface area (Å²) in [4.78, 5) is 4.60. The minimum Gasteiger partial charge on any atom is -0.489 e. The number of ether oxygens (including phenoxy) is 1. The van der Waals surface area contributed by atoms with Crippen molar-refractivity contribution in [3.8, 4) is 5.75 Å². The van der Waals surface area contributed by atoms with Crippen LogP contribution in [0.3, 0.4) is 0 Å². The molecule has 0 bridgehead atoms. The summed E-state index contributed by atoms with van der Waals surface area (Å²) in [6.07, 6.45) is 1.88. The van der Waals surface area contributed by atoms with Crippen molar-refractivity contribution < 1.29 is 4.74 Å². The second kappa shape index (κ2) is 7.60. The van der Waals surface area contributed by atoms with Crippen molar-refractivity contribution in [1.29, 1.82) is 0 Å². The lowest BCUT2D eigenvalue weighted by atomic mass is 10.1. The fraction of sp³-hybridized carbons (Fsp3) is 0.136. The molecule has 0 atom stereocenters. The van der Waals surface area contributed by atoms with E-state index in [4.69, 9.17) is 4.74 Å². The van der Waals surface area contributed by atoms with Crippen LogP contribution in [0.5, 0.6) is 5.75 Å². The molecule has 0 amide bonds. The van der Waals surface area contributed by atoms with Gasteiger partial charge in [-0.1, -0.05) is 60.2 Å². The number of hydrogen-bond acceptors (Lipinski definition) is 2. The number of hydrogen-bond donors (Lipinski definition) is 0. The van der Waals surface area contributed by atoms with Crippen LogP contribution in [-0.2, 0) is 6.61 Å². The summed E-state index contributed by atoms with van der Waals surface area (Å²) in [6.45, 7) is 4.74. The predicted molar refractivity (Wildman–Crippen MR) is 100 cm³/mol. The van der Waals surface area contributed by atoms with Crippen molar-refractivity contribution in [2.75, 3.05) is 0 Å². The molecule has 0 N–H and O–H groups in total. The molecule has 3 rings (SSSR count). The molecule has 2 heteroatoms. The number of rotatable bonds is 5. The molecule has 24 heavy (non-hydrogen) atoms. The van der Waals surface area contributed by atoms with Gasteiger partial charge >= 0.3 is 0 Å². The van der Waals surface area contributed by atoms with Gasteiger partial charge in [0.1, 0.15) is 12.4 Å². The standard InChI is InChI=1S/C22H21NO/c1-17-11-12-22(18(2)13-17)23-15-20-9-6-10-21(14-20)24-16-19-7-4-3-5-8-19/h3-15H,16H2,1-2H3. The quantitative estimate of drug-likeness (QED) is 0.559. The summed E-state index contributed by atoms with van der Waals surface area (Å²) in [5.74, 6) is 0.850. The van der Waals surface area contributed by atoms with Crippen molar-refractivity contribution in [1.82, 2.24) is 0 Å². The molecular weight excluding hydrogens is 294 g/mol. The predicted octanol–water partition coefficient (Wildman–Crippen LogP) is 5.63. The molecule has 0 saturated heterocycles. The van der Waals surface area contributed by atoms with Crippen LogP contribution < -0.4 is 4.74 Å². The van der Waals surface area contributed by atoms with Gasteiger partial charge in [-0.2, -0.15) is 0 Å². The lowest BCUT2D eigenvalue weighted by molar-refractivity contribution is 0.306. The Labute approximate surface area is 143 Å². The van der Waals surface area contributed by atoms with E-state index in [1.165, 1.54) is 11.1 Å². The van der Waals surface area contributed by atoms with E-state index >= 15 is 0 Å². The Kier molecular flexibility index (Phi) is 5.07. The zero-order chi connectivity index (χ0) is 16.8. The molecule has 0 aliphatic carbocycles. The molecular formula is C22H21NO. The van der Waals surface area contributed by atoms with Crippen LogP contribution in [0.15, 0.2) is 77.8 Å². The van der Waals surface area contributed by atoms with Gasteiger partial charge in [-0.05, 0) is 48.7 Å². The molecule has 0 radical (unpaired) electrons. The molecule has 0 saturated carbocycles. The maximum atomic E-state index is 5.86. The van der Waals surface area contributed by atoms with Crippen molar-refractivity contribution in [3.05, 3.63) is 95.1 Å². The van der Waals surface area contributed by atoms with E-state index < -0.39 is 0 Å². The summed E-state index contributed by atoms with van der Waals surface area (Å²) in [5.41, 5.74) is 5.62. The van der Waals surface area contributed by atoms with Gasteiger partial charge in [0.25, 0.3) is 0 Å². The van der Waals surface area contributed by atoms with E-state index in [0.717, 1.165) is 22.6 Å². The fourth-order valence-electron chi connectivity index (χ4n) is 2.52. The normalized spacial score (nSPS) is 10.9. The van der Waals surface area contributed by atoms with E-state index in [1.807, 2.05) is 48.7 Å². The molecule has 0 spiro atoms. The Balaban J connectivity index is 1.69. The first-order chi connectivity index (χ1) is 11.7. The zero-order valence-corrected chi connectivity index (χ0v) is 14.1. The Hall–Kier alpha value is -2.87. The van der Waals surface area contributed by atoms with Crippen LogP contribution in [0.2, 0.25) is 0 Å². The first-order valence-corrected chi connectivity index (χ1v) is 8.09. The summed E-state index contributed by atoms with van der Waals surface area (Å²) in [6, 6.07) is 24.4. The first-order valence-electron chi connectivity index (χ1n) is 8.09. The second-order valence-electron chi connectivity index (χ2n) is 5.89.